The molecule has 0 aliphatic carbocycles. The number of halogens is 1. The fourth-order valence-electron chi connectivity index (χ4n) is 2.26. The fourth-order valence-corrected chi connectivity index (χ4v) is 2.26. The largest absolute Gasteiger partial charge is 0.482 e. The average Bonchev–Trinajstić information content (AvgIpc) is 2.66. The van der Waals surface area contributed by atoms with Gasteiger partial charge in [0.05, 0.1) is 5.69 Å². The van der Waals surface area contributed by atoms with E-state index in [4.69, 9.17) is 9.47 Å². The lowest BCUT2D eigenvalue weighted by Gasteiger charge is -2.19. The van der Waals surface area contributed by atoms with Crippen LogP contribution in [0.1, 0.15) is 26.3 Å². The molecule has 154 valence electrons. The van der Waals surface area contributed by atoms with Crippen molar-refractivity contribution in [1.29, 1.82) is 0 Å². The van der Waals surface area contributed by atoms with Crippen LogP contribution in [0.4, 0.5) is 14.9 Å². The third kappa shape index (κ3) is 7.25. The first-order valence-electron chi connectivity index (χ1n) is 8.89. The van der Waals surface area contributed by atoms with Gasteiger partial charge < -0.3 is 14.8 Å². The highest BCUT2D eigenvalue weighted by molar-refractivity contribution is 6.01. The van der Waals surface area contributed by atoms with Crippen LogP contribution >= 0.6 is 0 Å². The second-order valence-electron chi connectivity index (χ2n) is 7.21. The third-order valence-corrected chi connectivity index (χ3v) is 3.82. The lowest BCUT2D eigenvalue weighted by atomic mass is 9.87. The summed E-state index contributed by atoms with van der Waals surface area (Å²) in [4.78, 5) is 35.0. The third-order valence-electron chi connectivity index (χ3n) is 3.82. The number of hydrogen-bond acceptors (Lipinski definition) is 5. The molecule has 0 aliphatic rings. The number of esters is 1. The monoisotopic (exact) mass is 402 g/mol. The number of ether oxygens (including phenoxy) is 2. The quantitative estimate of drug-likeness (QED) is 0.723. The summed E-state index contributed by atoms with van der Waals surface area (Å²) < 4.78 is 23.5. The number of carbonyl (C=O) groups excluding carboxylic acids is 3. The van der Waals surface area contributed by atoms with Crippen molar-refractivity contribution in [2.24, 2.45) is 0 Å². The van der Waals surface area contributed by atoms with Crippen molar-refractivity contribution in [2.45, 2.75) is 26.2 Å². The van der Waals surface area contributed by atoms with E-state index in [1.807, 2.05) is 17.4 Å². The molecule has 0 saturated heterocycles. The molecule has 0 unspecified atom stereocenters. The molecule has 0 spiro atoms. The van der Waals surface area contributed by atoms with Gasteiger partial charge in [-0.15, -0.1) is 0 Å². The molecule has 0 saturated carbocycles. The molecule has 0 bridgehead atoms. The number of para-hydroxylation sites is 1. The predicted molar refractivity (Wildman–Crippen MR) is 105 cm³/mol. The molecule has 0 radical (unpaired) electrons. The lowest BCUT2D eigenvalue weighted by Crippen LogP contribution is -2.37. The van der Waals surface area contributed by atoms with Crippen molar-refractivity contribution < 1.29 is 28.2 Å². The van der Waals surface area contributed by atoms with Gasteiger partial charge in [-0.3, -0.25) is 10.1 Å². The molecule has 2 aromatic carbocycles. The maximum absolute atomic E-state index is 13.4. The Morgan fingerprint density at radius 1 is 0.966 bits per heavy atom. The Bertz CT molecular complexity index is 875. The number of benzene rings is 2. The van der Waals surface area contributed by atoms with Gasteiger partial charge in [0.15, 0.2) is 13.2 Å². The standard InChI is InChI=1S/C21H23FN2O5/c1-21(2,3)14-8-10-15(11-9-14)28-13-19(26)29-12-18(25)24-20(27)23-17-7-5-4-6-16(17)22/h4-11H,12-13H2,1-3H3,(H2,23,24,25,27). The van der Waals surface area contributed by atoms with E-state index in [2.05, 4.69) is 26.1 Å². The second-order valence-corrected chi connectivity index (χ2v) is 7.21. The van der Waals surface area contributed by atoms with E-state index in [9.17, 15) is 18.8 Å². The molecule has 3 amide bonds. The summed E-state index contributed by atoms with van der Waals surface area (Å²) >= 11 is 0. The summed E-state index contributed by atoms with van der Waals surface area (Å²) in [6.45, 7) is 5.20. The number of rotatable bonds is 6. The first-order chi connectivity index (χ1) is 13.6. The number of anilines is 1. The molecule has 29 heavy (non-hydrogen) atoms. The van der Waals surface area contributed by atoms with E-state index in [0.29, 0.717) is 5.75 Å². The predicted octanol–water partition coefficient (Wildman–Crippen LogP) is 3.39. The molecule has 0 fully saturated rings. The Kier molecular flexibility index (Phi) is 7.30. The summed E-state index contributed by atoms with van der Waals surface area (Å²) in [5, 5.41) is 4.11. The number of imide groups is 1. The minimum absolute atomic E-state index is 0.00337. The van der Waals surface area contributed by atoms with Gasteiger partial charge in [0, 0.05) is 0 Å². The summed E-state index contributed by atoms with van der Waals surface area (Å²) in [7, 11) is 0. The number of hydrogen-bond donors (Lipinski definition) is 2. The van der Waals surface area contributed by atoms with Crippen LogP contribution in [-0.4, -0.2) is 31.1 Å². The van der Waals surface area contributed by atoms with Crippen molar-refractivity contribution in [3.63, 3.8) is 0 Å². The number of carbonyl (C=O) groups is 3. The van der Waals surface area contributed by atoms with Crippen molar-refractivity contribution in [2.75, 3.05) is 18.5 Å². The van der Waals surface area contributed by atoms with Crippen molar-refractivity contribution in [1.82, 2.24) is 5.32 Å². The summed E-state index contributed by atoms with van der Waals surface area (Å²) in [5.74, 6) is -1.78. The Balaban J connectivity index is 1.71. The molecule has 2 rings (SSSR count). The van der Waals surface area contributed by atoms with Crippen LogP contribution in [0, 0.1) is 5.82 Å². The maximum atomic E-state index is 13.4. The molecule has 7 nitrogen and oxygen atoms in total. The highest BCUT2D eigenvalue weighted by Gasteiger charge is 2.14. The molecule has 0 heterocycles. The molecule has 0 aliphatic heterocycles. The normalized spacial score (nSPS) is 10.8. The number of nitrogens with one attached hydrogen (secondary N) is 2. The minimum Gasteiger partial charge on any atom is -0.482 e. The zero-order chi connectivity index (χ0) is 21.4. The van der Waals surface area contributed by atoms with Crippen LogP contribution < -0.4 is 15.4 Å². The van der Waals surface area contributed by atoms with Crippen LogP contribution in [0.15, 0.2) is 48.5 Å². The smallest absolute Gasteiger partial charge is 0.344 e. The van der Waals surface area contributed by atoms with Crippen molar-refractivity contribution in [3.8, 4) is 5.75 Å². The number of urea groups is 1. The minimum atomic E-state index is -0.939. The Hall–Kier alpha value is -3.42. The highest BCUT2D eigenvalue weighted by atomic mass is 19.1. The van der Waals surface area contributed by atoms with Crippen LogP contribution in [0.2, 0.25) is 0 Å². The van der Waals surface area contributed by atoms with Crippen LogP contribution in [0.25, 0.3) is 0 Å². The first-order valence-corrected chi connectivity index (χ1v) is 8.89. The molecular formula is C21H23FN2O5. The van der Waals surface area contributed by atoms with Gasteiger partial charge in [0.25, 0.3) is 5.91 Å². The van der Waals surface area contributed by atoms with Crippen LogP contribution in [-0.2, 0) is 19.7 Å². The Morgan fingerprint density at radius 3 is 2.24 bits per heavy atom. The van der Waals surface area contributed by atoms with Gasteiger partial charge in [-0.05, 0) is 35.2 Å². The van der Waals surface area contributed by atoms with E-state index in [1.54, 1.807) is 12.1 Å². The van der Waals surface area contributed by atoms with E-state index < -0.39 is 30.3 Å². The molecule has 2 N–H and O–H groups in total. The van der Waals surface area contributed by atoms with Crippen molar-refractivity contribution in [3.05, 3.63) is 59.9 Å². The van der Waals surface area contributed by atoms with E-state index in [0.717, 1.165) is 11.6 Å². The Morgan fingerprint density at radius 2 is 1.62 bits per heavy atom. The summed E-state index contributed by atoms with van der Waals surface area (Å²) in [5.41, 5.74) is 1.04. The molecule has 0 atom stereocenters. The second kappa shape index (κ2) is 9.68. The molecule has 2 aromatic rings. The lowest BCUT2D eigenvalue weighted by molar-refractivity contribution is -0.150. The van der Waals surface area contributed by atoms with Crippen molar-refractivity contribution >= 4 is 23.6 Å². The van der Waals surface area contributed by atoms with Gasteiger partial charge in [0.1, 0.15) is 11.6 Å². The van der Waals surface area contributed by atoms with Crippen LogP contribution in [0.5, 0.6) is 5.75 Å². The molecule has 8 heteroatoms. The summed E-state index contributed by atoms with van der Waals surface area (Å²) in [6, 6.07) is 11.8. The van der Waals surface area contributed by atoms with Gasteiger partial charge in [0.2, 0.25) is 0 Å². The number of amides is 3. The van der Waals surface area contributed by atoms with Gasteiger partial charge in [-0.1, -0.05) is 45.0 Å². The van der Waals surface area contributed by atoms with Gasteiger partial charge in [-0.2, -0.15) is 0 Å². The zero-order valence-electron chi connectivity index (χ0n) is 16.5. The molecular weight excluding hydrogens is 379 g/mol. The van der Waals surface area contributed by atoms with Crippen LogP contribution in [0.3, 0.4) is 0 Å². The zero-order valence-corrected chi connectivity index (χ0v) is 16.5. The topological polar surface area (TPSA) is 93.7 Å². The molecule has 0 aromatic heterocycles. The van der Waals surface area contributed by atoms with E-state index >= 15 is 0 Å². The summed E-state index contributed by atoms with van der Waals surface area (Å²) in [6.07, 6.45) is 0. The maximum Gasteiger partial charge on any atom is 0.344 e. The van der Waals surface area contributed by atoms with Gasteiger partial charge in [-0.25, -0.2) is 14.0 Å². The first kappa shape index (κ1) is 21.9. The van der Waals surface area contributed by atoms with E-state index in [-0.39, 0.29) is 17.7 Å². The average molecular weight is 402 g/mol. The SMILES string of the molecule is CC(C)(C)c1ccc(OCC(=O)OCC(=O)NC(=O)Nc2ccccc2F)cc1. The Labute approximate surface area is 168 Å². The highest BCUT2D eigenvalue weighted by Crippen LogP contribution is 2.24. The van der Waals surface area contributed by atoms with Gasteiger partial charge >= 0.3 is 12.0 Å². The van der Waals surface area contributed by atoms with E-state index in [1.165, 1.54) is 18.2 Å². The fraction of sp³-hybridized carbons (Fsp3) is 0.286.